The van der Waals surface area contributed by atoms with Crippen molar-refractivity contribution < 1.29 is 23.4 Å². The first-order valence-electron chi connectivity index (χ1n) is 7.17. The van der Waals surface area contributed by atoms with Crippen molar-refractivity contribution in [2.75, 3.05) is 13.7 Å². The largest absolute Gasteiger partial charge is 0.497 e. The van der Waals surface area contributed by atoms with Crippen LogP contribution in [-0.4, -0.2) is 24.7 Å². The zero-order chi connectivity index (χ0) is 17.1. The van der Waals surface area contributed by atoms with E-state index in [0.29, 0.717) is 27.8 Å². The van der Waals surface area contributed by atoms with E-state index in [0.717, 1.165) is 5.56 Å². The van der Waals surface area contributed by atoms with Gasteiger partial charge >= 0.3 is 5.97 Å². The molecule has 5 nitrogen and oxygen atoms in total. The zero-order valence-electron chi connectivity index (χ0n) is 12.8. The molecule has 0 bridgehead atoms. The second kappa shape index (κ2) is 6.54. The molecule has 0 saturated heterocycles. The number of methoxy groups -OCH3 is 1. The molecule has 0 fully saturated rings. The molecule has 6 heteroatoms. The van der Waals surface area contributed by atoms with E-state index in [4.69, 9.17) is 14.3 Å². The van der Waals surface area contributed by atoms with Crippen LogP contribution in [0.2, 0.25) is 0 Å². The first kappa shape index (κ1) is 15.7. The summed E-state index contributed by atoms with van der Waals surface area (Å²) in [5.41, 5.74) is 1.20. The molecule has 0 aliphatic carbocycles. The maximum Gasteiger partial charge on any atom is 0.325 e. The average Bonchev–Trinajstić information content (AvgIpc) is 2.59. The lowest BCUT2D eigenvalue weighted by Gasteiger charge is -2.06. The molecule has 3 aromatic rings. The standard InChI is InChI=1S/C18H14FNO4/c1-23-13-5-2-11(3-6-13)17-9-15(20-10-18(21)22)14-8-12(19)4-7-16(14)24-17/h2-9H,10H2,1H3,(H,21,22). The summed E-state index contributed by atoms with van der Waals surface area (Å²) in [6.07, 6.45) is 0. The second-order valence-electron chi connectivity index (χ2n) is 5.07. The maximum absolute atomic E-state index is 13.5. The summed E-state index contributed by atoms with van der Waals surface area (Å²) in [7, 11) is 1.58. The molecule has 1 aromatic heterocycles. The Balaban J connectivity index is 2.20. The van der Waals surface area contributed by atoms with Gasteiger partial charge in [-0.3, -0.25) is 9.79 Å². The lowest BCUT2D eigenvalue weighted by atomic mass is 10.1. The number of carboxylic acid groups (broad SMARTS) is 1. The number of halogens is 1. The minimum absolute atomic E-state index is 0.365. The molecule has 0 radical (unpaired) electrons. The quantitative estimate of drug-likeness (QED) is 0.798. The summed E-state index contributed by atoms with van der Waals surface area (Å²) in [4.78, 5) is 14.8. The number of ether oxygens (including phenoxy) is 1. The maximum atomic E-state index is 13.5. The van der Waals surface area contributed by atoms with Gasteiger partial charge < -0.3 is 14.3 Å². The van der Waals surface area contributed by atoms with Crippen LogP contribution in [0.3, 0.4) is 0 Å². The highest BCUT2D eigenvalue weighted by Crippen LogP contribution is 2.24. The number of fused-ring (bicyclic) bond motifs is 1. The summed E-state index contributed by atoms with van der Waals surface area (Å²) >= 11 is 0. The number of hydrogen-bond donors (Lipinski definition) is 1. The van der Waals surface area contributed by atoms with Crippen molar-refractivity contribution >= 4 is 16.9 Å². The molecule has 0 unspecified atom stereocenters. The minimum Gasteiger partial charge on any atom is -0.497 e. The number of carboxylic acids is 1. The predicted molar refractivity (Wildman–Crippen MR) is 86.2 cm³/mol. The number of nitrogens with zero attached hydrogens (tertiary/aromatic N) is 1. The van der Waals surface area contributed by atoms with Crippen LogP contribution in [-0.2, 0) is 4.79 Å². The van der Waals surface area contributed by atoms with Crippen LogP contribution in [0.5, 0.6) is 5.75 Å². The van der Waals surface area contributed by atoms with Crippen molar-refractivity contribution in [3.63, 3.8) is 0 Å². The van der Waals surface area contributed by atoms with Gasteiger partial charge in [-0.1, -0.05) is 0 Å². The first-order chi connectivity index (χ1) is 11.6. The van der Waals surface area contributed by atoms with Crippen LogP contribution in [0.4, 0.5) is 4.39 Å². The number of rotatable bonds is 4. The monoisotopic (exact) mass is 327 g/mol. The molecule has 0 saturated carbocycles. The van der Waals surface area contributed by atoms with Crippen molar-refractivity contribution in [1.82, 2.24) is 0 Å². The summed E-state index contributed by atoms with van der Waals surface area (Å²) in [6, 6.07) is 12.9. The Hall–Kier alpha value is -3.15. The van der Waals surface area contributed by atoms with Crippen molar-refractivity contribution in [2.45, 2.75) is 0 Å². The van der Waals surface area contributed by atoms with E-state index in [2.05, 4.69) is 4.99 Å². The van der Waals surface area contributed by atoms with Crippen LogP contribution in [0.15, 0.2) is 57.9 Å². The Morgan fingerprint density at radius 2 is 1.96 bits per heavy atom. The minimum atomic E-state index is -1.06. The molecule has 0 aliphatic heterocycles. The number of carbonyl (C=O) groups is 1. The zero-order valence-corrected chi connectivity index (χ0v) is 12.8. The summed E-state index contributed by atoms with van der Waals surface area (Å²) in [5, 5.41) is 9.63. The van der Waals surface area contributed by atoms with Gasteiger partial charge in [0.1, 0.15) is 29.5 Å². The molecule has 2 aromatic carbocycles. The fraction of sp³-hybridized carbons (Fsp3) is 0.111. The van der Waals surface area contributed by atoms with E-state index in [1.807, 2.05) is 12.1 Å². The van der Waals surface area contributed by atoms with Gasteiger partial charge in [0.25, 0.3) is 0 Å². The Morgan fingerprint density at radius 3 is 2.62 bits per heavy atom. The van der Waals surface area contributed by atoms with Gasteiger partial charge in [-0.15, -0.1) is 0 Å². The Bertz CT molecular complexity index is 961. The molecular weight excluding hydrogens is 313 g/mol. The normalized spacial score (nSPS) is 11.7. The Morgan fingerprint density at radius 1 is 1.21 bits per heavy atom. The highest BCUT2D eigenvalue weighted by Gasteiger charge is 2.08. The van der Waals surface area contributed by atoms with Gasteiger partial charge in [-0.2, -0.15) is 0 Å². The number of benzene rings is 2. The van der Waals surface area contributed by atoms with Crippen LogP contribution >= 0.6 is 0 Å². The Kier molecular flexibility index (Phi) is 4.29. The van der Waals surface area contributed by atoms with Crippen LogP contribution in [0.25, 0.3) is 22.3 Å². The summed E-state index contributed by atoms with van der Waals surface area (Å²) in [6.45, 7) is -0.405. The molecule has 122 valence electrons. The van der Waals surface area contributed by atoms with Gasteiger partial charge in [0, 0.05) is 17.0 Å². The SMILES string of the molecule is COc1ccc(-c2cc(=NCC(=O)O)c3cc(F)ccc3o2)cc1. The second-order valence-corrected chi connectivity index (χ2v) is 5.07. The molecule has 0 atom stereocenters. The summed E-state index contributed by atoms with van der Waals surface area (Å²) in [5.74, 6) is -0.300. The third kappa shape index (κ3) is 3.27. The number of hydrogen-bond acceptors (Lipinski definition) is 4. The topological polar surface area (TPSA) is 72.0 Å². The van der Waals surface area contributed by atoms with Gasteiger partial charge in [-0.05, 0) is 42.5 Å². The van der Waals surface area contributed by atoms with E-state index in [1.165, 1.54) is 18.2 Å². The molecule has 0 amide bonds. The fourth-order valence-electron chi connectivity index (χ4n) is 2.32. The van der Waals surface area contributed by atoms with E-state index < -0.39 is 18.3 Å². The average molecular weight is 327 g/mol. The van der Waals surface area contributed by atoms with Gasteiger partial charge in [-0.25, -0.2) is 4.39 Å². The van der Waals surface area contributed by atoms with Crippen LogP contribution < -0.4 is 10.1 Å². The first-order valence-corrected chi connectivity index (χ1v) is 7.17. The van der Waals surface area contributed by atoms with Gasteiger partial charge in [0.2, 0.25) is 0 Å². The van der Waals surface area contributed by atoms with E-state index >= 15 is 0 Å². The van der Waals surface area contributed by atoms with Crippen LogP contribution in [0.1, 0.15) is 0 Å². The van der Waals surface area contributed by atoms with Gasteiger partial charge in [0.05, 0.1) is 12.5 Å². The predicted octanol–water partition coefficient (Wildman–Crippen LogP) is 3.23. The molecule has 0 spiro atoms. The molecule has 3 rings (SSSR count). The highest BCUT2D eigenvalue weighted by molar-refractivity contribution is 5.79. The third-order valence-electron chi connectivity index (χ3n) is 3.46. The van der Waals surface area contributed by atoms with Crippen molar-refractivity contribution in [3.05, 3.63) is 59.7 Å². The molecule has 1 heterocycles. The smallest absolute Gasteiger partial charge is 0.325 e. The summed E-state index contributed by atoms with van der Waals surface area (Å²) < 4.78 is 24.4. The molecule has 24 heavy (non-hydrogen) atoms. The molecular formula is C18H14FNO4. The fourth-order valence-corrected chi connectivity index (χ4v) is 2.32. The van der Waals surface area contributed by atoms with E-state index in [-0.39, 0.29) is 0 Å². The van der Waals surface area contributed by atoms with E-state index in [1.54, 1.807) is 25.3 Å². The lowest BCUT2D eigenvalue weighted by Crippen LogP contribution is -2.09. The van der Waals surface area contributed by atoms with Gasteiger partial charge in [0.15, 0.2) is 0 Å². The molecule has 0 aliphatic rings. The van der Waals surface area contributed by atoms with Crippen LogP contribution in [0, 0.1) is 5.82 Å². The van der Waals surface area contributed by atoms with Crippen molar-refractivity contribution in [1.29, 1.82) is 0 Å². The number of aliphatic carboxylic acids is 1. The van der Waals surface area contributed by atoms with E-state index in [9.17, 15) is 9.18 Å². The lowest BCUT2D eigenvalue weighted by molar-refractivity contribution is -0.135. The highest BCUT2D eigenvalue weighted by atomic mass is 19.1. The van der Waals surface area contributed by atoms with Crippen molar-refractivity contribution in [3.8, 4) is 17.1 Å². The molecule has 1 N–H and O–H groups in total. The Labute approximate surface area is 136 Å². The third-order valence-corrected chi connectivity index (χ3v) is 3.46. The van der Waals surface area contributed by atoms with Crippen molar-refractivity contribution in [2.24, 2.45) is 4.99 Å².